The van der Waals surface area contributed by atoms with Crippen molar-refractivity contribution in [2.45, 2.75) is 19.4 Å². The predicted octanol–water partition coefficient (Wildman–Crippen LogP) is 1.80. The van der Waals surface area contributed by atoms with Crippen molar-refractivity contribution in [3.05, 3.63) is 26.6 Å². The standard InChI is InChI=1S/C10H11F2IN2O2/c1-17-7(16)2-6-9(13)8(10(11)12)5(3-14)4-15-6/h4,10H,2-3,14H2,1H3. The molecule has 0 saturated heterocycles. The first-order valence-electron chi connectivity index (χ1n) is 4.72. The molecule has 1 aromatic rings. The van der Waals surface area contributed by atoms with Crippen molar-refractivity contribution in [1.82, 2.24) is 4.98 Å². The van der Waals surface area contributed by atoms with Gasteiger partial charge in [-0.2, -0.15) is 0 Å². The molecule has 0 atom stereocenters. The highest BCUT2D eigenvalue weighted by atomic mass is 127. The number of hydrogen-bond acceptors (Lipinski definition) is 4. The maximum Gasteiger partial charge on any atom is 0.311 e. The first-order chi connectivity index (χ1) is 8.01. The van der Waals surface area contributed by atoms with E-state index in [0.29, 0.717) is 0 Å². The van der Waals surface area contributed by atoms with Crippen LogP contribution in [0.25, 0.3) is 0 Å². The minimum absolute atomic E-state index is 0.0127. The van der Waals surface area contributed by atoms with E-state index in [0.717, 1.165) is 0 Å². The number of hydrogen-bond donors (Lipinski definition) is 1. The van der Waals surface area contributed by atoms with Crippen LogP contribution < -0.4 is 5.73 Å². The van der Waals surface area contributed by atoms with E-state index in [4.69, 9.17) is 5.73 Å². The van der Waals surface area contributed by atoms with Crippen LogP contribution >= 0.6 is 22.6 Å². The Kier molecular flexibility index (Phi) is 5.19. The molecule has 1 aromatic heterocycles. The molecule has 0 spiro atoms. The molecule has 0 aliphatic heterocycles. The van der Waals surface area contributed by atoms with Gasteiger partial charge in [-0.3, -0.25) is 9.78 Å². The fraction of sp³-hybridized carbons (Fsp3) is 0.400. The van der Waals surface area contributed by atoms with Crippen LogP contribution in [-0.4, -0.2) is 18.1 Å². The van der Waals surface area contributed by atoms with Gasteiger partial charge in [0.1, 0.15) is 0 Å². The molecule has 1 heterocycles. The molecule has 0 saturated carbocycles. The fourth-order valence-corrected chi connectivity index (χ4v) is 2.22. The Labute approximate surface area is 111 Å². The van der Waals surface area contributed by atoms with Crippen LogP contribution in [0.15, 0.2) is 6.20 Å². The van der Waals surface area contributed by atoms with Crippen molar-refractivity contribution in [2.75, 3.05) is 7.11 Å². The fourth-order valence-electron chi connectivity index (χ4n) is 1.31. The maximum atomic E-state index is 12.9. The first-order valence-corrected chi connectivity index (χ1v) is 5.80. The molecule has 2 N–H and O–H groups in total. The van der Waals surface area contributed by atoms with Crippen LogP contribution in [0, 0.1) is 3.57 Å². The molecule has 1 rings (SSSR count). The second-order valence-electron chi connectivity index (χ2n) is 3.22. The number of alkyl halides is 2. The Bertz CT molecular complexity index is 427. The number of methoxy groups -OCH3 is 1. The zero-order chi connectivity index (χ0) is 13.0. The molecular formula is C10H11F2IN2O2. The van der Waals surface area contributed by atoms with Gasteiger partial charge in [-0.05, 0) is 28.2 Å². The summed E-state index contributed by atoms with van der Waals surface area (Å²) in [5.74, 6) is -0.517. The summed E-state index contributed by atoms with van der Waals surface area (Å²) in [5, 5.41) is 0. The van der Waals surface area contributed by atoms with Crippen molar-refractivity contribution in [2.24, 2.45) is 5.73 Å². The van der Waals surface area contributed by atoms with Gasteiger partial charge in [0, 0.05) is 21.9 Å². The van der Waals surface area contributed by atoms with E-state index in [9.17, 15) is 13.6 Å². The van der Waals surface area contributed by atoms with E-state index in [2.05, 4.69) is 9.72 Å². The van der Waals surface area contributed by atoms with Crippen LogP contribution in [0.1, 0.15) is 23.2 Å². The Morgan fingerprint density at radius 1 is 1.65 bits per heavy atom. The number of halogens is 3. The summed E-state index contributed by atoms with van der Waals surface area (Å²) < 4.78 is 30.5. The van der Waals surface area contributed by atoms with Gasteiger partial charge in [0.2, 0.25) is 0 Å². The van der Waals surface area contributed by atoms with Gasteiger partial charge >= 0.3 is 5.97 Å². The summed E-state index contributed by atoms with van der Waals surface area (Å²) in [7, 11) is 1.23. The third kappa shape index (κ3) is 3.32. The number of carbonyl (C=O) groups excluding carboxylic acids is 1. The average molecular weight is 356 g/mol. The second kappa shape index (κ2) is 6.20. The van der Waals surface area contributed by atoms with Crippen molar-refractivity contribution < 1.29 is 18.3 Å². The van der Waals surface area contributed by atoms with E-state index in [1.54, 1.807) is 22.6 Å². The first kappa shape index (κ1) is 14.2. The third-order valence-electron chi connectivity index (χ3n) is 2.19. The predicted molar refractivity (Wildman–Crippen MR) is 65.5 cm³/mol. The molecular weight excluding hydrogens is 345 g/mol. The summed E-state index contributed by atoms with van der Waals surface area (Å²) in [5.41, 5.74) is 5.79. The zero-order valence-electron chi connectivity index (χ0n) is 9.04. The van der Waals surface area contributed by atoms with E-state index >= 15 is 0 Å². The molecule has 4 nitrogen and oxygen atoms in total. The van der Waals surface area contributed by atoms with Gasteiger partial charge in [0.05, 0.1) is 19.2 Å². The van der Waals surface area contributed by atoms with Gasteiger partial charge in [0.25, 0.3) is 6.43 Å². The quantitative estimate of drug-likeness (QED) is 0.660. The second-order valence-corrected chi connectivity index (χ2v) is 4.29. The lowest BCUT2D eigenvalue weighted by Gasteiger charge is -2.12. The number of carbonyl (C=O) groups is 1. The lowest BCUT2D eigenvalue weighted by molar-refractivity contribution is -0.139. The molecule has 94 valence electrons. The lowest BCUT2D eigenvalue weighted by atomic mass is 10.1. The minimum Gasteiger partial charge on any atom is -0.469 e. The molecule has 0 aliphatic rings. The van der Waals surface area contributed by atoms with E-state index in [1.807, 2.05) is 0 Å². The number of nitrogens with two attached hydrogens (primary N) is 1. The number of nitrogens with zero attached hydrogens (tertiary/aromatic N) is 1. The van der Waals surface area contributed by atoms with Crippen molar-refractivity contribution in [3.63, 3.8) is 0 Å². The molecule has 0 bridgehead atoms. The molecule has 0 aliphatic carbocycles. The SMILES string of the molecule is COC(=O)Cc1ncc(CN)c(C(F)F)c1I. The molecule has 0 radical (unpaired) electrons. The van der Waals surface area contributed by atoms with Crippen LogP contribution in [0.3, 0.4) is 0 Å². The van der Waals surface area contributed by atoms with Crippen LogP contribution in [0.4, 0.5) is 8.78 Å². The van der Waals surface area contributed by atoms with Crippen LogP contribution in [0.2, 0.25) is 0 Å². The number of esters is 1. The van der Waals surface area contributed by atoms with E-state index in [-0.39, 0.29) is 33.4 Å². The van der Waals surface area contributed by atoms with Crippen LogP contribution in [-0.2, 0) is 22.5 Å². The number of pyridine rings is 1. The third-order valence-corrected chi connectivity index (χ3v) is 3.39. The van der Waals surface area contributed by atoms with E-state index in [1.165, 1.54) is 13.3 Å². The summed E-state index contributed by atoms with van der Waals surface area (Å²) in [6, 6.07) is 0. The molecule has 0 amide bonds. The largest absolute Gasteiger partial charge is 0.469 e. The molecule has 0 aromatic carbocycles. The molecule has 0 fully saturated rings. The van der Waals surface area contributed by atoms with Gasteiger partial charge in [-0.15, -0.1) is 0 Å². The number of rotatable bonds is 4. The zero-order valence-corrected chi connectivity index (χ0v) is 11.2. The topological polar surface area (TPSA) is 65.2 Å². The Hall–Kier alpha value is -0.830. The van der Waals surface area contributed by atoms with Crippen molar-refractivity contribution >= 4 is 28.6 Å². The summed E-state index contributed by atoms with van der Waals surface area (Å²) in [6.45, 7) is -0.0127. The van der Waals surface area contributed by atoms with Crippen LogP contribution in [0.5, 0.6) is 0 Å². The van der Waals surface area contributed by atoms with E-state index < -0.39 is 12.4 Å². The minimum atomic E-state index is -2.64. The normalized spacial score (nSPS) is 10.7. The van der Waals surface area contributed by atoms with Crippen molar-refractivity contribution in [3.8, 4) is 0 Å². The van der Waals surface area contributed by atoms with Crippen molar-refractivity contribution in [1.29, 1.82) is 0 Å². The number of ether oxygens (including phenoxy) is 1. The highest BCUT2D eigenvalue weighted by Gasteiger charge is 2.21. The highest BCUT2D eigenvalue weighted by molar-refractivity contribution is 14.1. The monoisotopic (exact) mass is 356 g/mol. The Balaban J connectivity index is 3.18. The Morgan fingerprint density at radius 3 is 2.76 bits per heavy atom. The molecule has 0 unspecified atom stereocenters. The Morgan fingerprint density at radius 2 is 2.29 bits per heavy atom. The molecule has 7 heteroatoms. The van der Waals surface area contributed by atoms with Gasteiger partial charge in [0.15, 0.2) is 0 Å². The van der Waals surface area contributed by atoms with Gasteiger partial charge < -0.3 is 10.5 Å². The maximum absolute atomic E-state index is 12.9. The smallest absolute Gasteiger partial charge is 0.311 e. The summed E-state index contributed by atoms with van der Waals surface area (Å²) in [6.07, 6.45) is -1.48. The summed E-state index contributed by atoms with van der Waals surface area (Å²) in [4.78, 5) is 15.0. The average Bonchev–Trinajstić information content (AvgIpc) is 2.30. The summed E-state index contributed by atoms with van der Waals surface area (Å²) >= 11 is 1.75. The van der Waals surface area contributed by atoms with Gasteiger partial charge in [-0.25, -0.2) is 8.78 Å². The van der Waals surface area contributed by atoms with Gasteiger partial charge in [-0.1, -0.05) is 0 Å². The highest BCUT2D eigenvalue weighted by Crippen LogP contribution is 2.29. The lowest BCUT2D eigenvalue weighted by Crippen LogP contribution is -2.12. The molecule has 17 heavy (non-hydrogen) atoms. The number of aromatic nitrogens is 1.